The fourth-order valence-corrected chi connectivity index (χ4v) is 4.98. The van der Waals surface area contributed by atoms with Gasteiger partial charge in [-0.15, -0.1) is 0 Å². The second kappa shape index (κ2) is 10.5. The number of nitrogens with one attached hydrogen (secondary N) is 1. The smallest absolute Gasteiger partial charge is 0.416 e. The van der Waals surface area contributed by atoms with E-state index in [0.29, 0.717) is 30.4 Å². The summed E-state index contributed by atoms with van der Waals surface area (Å²) in [4.78, 5) is 15.3. The number of para-hydroxylation sites is 1. The monoisotopic (exact) mass is 513 g/mol. The van der Waals surface area contributed by atoms with Gasteiger partial charge in [0.25, 0.3) is 0 Å². The number of alkyl halides is 3. The summed E-state index contributed by atoms with van der Waals surface area (Å²) < 4.78 is 51.7. The topological polar surface area (TPSA) is 55.7 Å². The van der Waals surface area contributed by atoms with Gasteiger partial charge in [0.1, 0.15) is 13.2 Å². The van der Waals surface area contributed by atoms with Gasteiger partial charge in [-0.25, -0.2) is 0 Å². The Bertz CT molecular complexity index is 1230. The summed E-state index contributed by atoms with van der Waals surface area (Å²) in [7, 11) is 0. The number of benzene rings is 2. The van der Waals surface area contributed by atoms with Gasteiger partial charge in [-0.2, -0.15) is 13.2 Å². The summed E-state index contributed by atoms with van der Waals surface area (Å²) in [5, 5.41) is 3.15. The first-order valence-corrected chi connectivity index (χ1v) is 12.5. The van der Waals surface area contributed by atoms with Gasteiger partial charge in [0.2, 0.25) is 5.91 Å². The third-order valence-electron chi connectivity index (χ3n) is 7.03. The third-order valence-corrected chi connectivity index (χ3v) is 7.03. The minimum atomic E-state index is -4.34. The number of halogens is 3. The van der Waals surface area contributed by atoms with Crippen molar-refractivity contribution in [3.63, 3.8) is 0 Å². The van der Waals surface area contributed by atoms with E-state index in [1.807, 2.05) is 48.1 Å². The van der Waals surface area contributed by atoms with Crippen LogP contribution in [0.25, 0.3) is 5.69 Å². The van der Waals surface area contributed by atoms with Crippen molar-refractivity contribution in [3.05, 3.63) is 77.6 Å². The molecule has 0 saturated carbocycles. The van der Waals surface area contributed by atoms with Crippen LogP contribution in [-0.2, 0) is 17.5 Å². The second-order valence-electron chi connectivity index (χ2n) is 9.62. The number of hydrogen-bond acceptors (Lipinski definition) is 4. The fraction of sp³-hybridized carbons (Fsp3) is 0.393. The largest absolute Gasteiger partial charge is 0.486 e. The predicted octanol–water partition coefficient (Wildman–Crippen LogP) is 5.36. The number of fused-ring (bicyclic) bond motifs is 1. The number of ether oxygens (including phenoxy) is 2. The van der Waals surface area contributed by atoms with Crippen molar-refractivity contribution in [2.75, 3.05) is 26.3 Å². The van der Waals surface area contributed by atoms with E-state index in [1.165, 1.54) is 12.1 Å². The fourth-order valence-electron chi connectivity index (χ4n) is 4.98. The molecule has 0 radical (unpaired) electrons. The Morgan fingerprint density at radius 2 is 1.78 bits per heavy atom. The van der Waals surface area contributed by atoms with Gasteiger partial charge >= 0.3 is 6.18 Å². The van der Waals surface area contributed by atoms with Crippen molar-refractivity contribution >= 4 is 5.91 Å². The summed E-state index contributed by atoms with van der Waals surface area (Å²) in [5.41, 5.74) is 2.02. The minimum absolute atomic E-state index is 0.0489. The lowest BCUT2D eigenvalue weighted by Crippen LogP contribution is -2.41. The number of piperidine rings is 1. The minimum Gasteiger partial charge on any atom is -0.486 e. The van der Waals surface area contributed by atoms with Gasteiger partial charge in [0.05, 0.1) is 11.6 Å². The first-order valence-electron chi connectivity index (χ1n) is 12.5. The van der Waals surface area contributed by atoms with Crippen molar-refractivity contribution in [1.29, 1.82) is 0 Å². The number of hydrogen-bond donors (Lipinski definition) is 1. The van der Waals surface area contributed by atoms with Crippen molar-refractivity contribution < 1.29 is 27.4 Å². The molecule has 196 valence electrons. The molecule has 1 saturated heterocycles. The van der Waals surface area contributed by atoms with Crippen LogP contribution < -0.4 is 14.8 Å². The molecule has 2 aromatic carbocycles. The molecule has 1 unspecified atom stereocenters. The molecule has 1 amide bonds. The second-order valence-corrected chi connectivity index (χ2v) is 9.62. The maximum Gasteiger partial charge on any atom is 0.416 e. The Morgan fingerprint density at radius 3 is 2.51 bits per heavy atom. The molecule has 9 heteroatoms. The molecule has 1 fully saturated rings. The van der Waals surface area contributed by atoms with Crippen LogP contribution >= 0.6 is 0 Å². The lowest BCUT2D eigenvalue weighted by molar-refractivity contribution is -0.137. The first kappa shape index (κ1) is 25.2. The van der Waals surface area contributed by atoms with Crippen LogP contribution in [0.2, 0.25) is 0 Å². The van der Waals surface area contributed by atoms with Gasteiger partial charge < -0.3 is 19.4 Å². The molecule has 3 aromatic rings. The molecule has 0 bridgehead atoms. The Kier molecular flexibility index (Phi) is 7.15. The lowest BCUT2D eigenvalue weighted by atomic mass is 9.95. The number of aromatic nitrogens is 1. The lowest BCUT2D eigenvalue weighted by Gasteiger charge is -2.32. The first-order chi connectivity index (χ1) is 17.8. The van der Waals surface area contributed by atoms with Crippen molar-refractivity contribution in [3.8, 4) is 17.2 Å². The molecular formula is C28H30F3N3O3. The van der Waals surface area contributed by atoms with E-state index in [4.69, 9.17) is 9.47 Å². The van der Waals surface area contributed by atoms with Gasteiger partial charge in [-0.05, 0) is 74.8 Å². The normalized spacial score (nSPS) is 17.4. The quantitative estimate of drug-likeness (QED) is 0.483. The third kappa shape index (κ3) is 5.77. The molecule has 3 heterocycles. The van der Waals surface area contributed by atoms with Crippen molar-refractivity contribution in [1.82, 2.24) is 14.8 Å². The zero-order chi connectivity index (χ0) is 26.0. The molecule has 1 atom stereocenters. The van der Waals surface area contributed by atoms with Crippen LogP contribution in [0.15, 0.2) is 60.9 Å². The zero-order valence-corrected chi connectivity index (χ0v) is 20.6. The maximum absolute atomic E-state index is 13.0. The number of carbonyl (C=O) groups excluding carboxylic acids is 1. The molecule has 2 aliphatic rings. The van der Waals surface area contributed by atoms with E-state index >= 15 is 0 Å². The molecule has 2 aliphatic heterocycles. The highest BCUT2D eigenvalue weighted by Gasteiger charge is 2.30. The van der Waals surface area contributed by atoms with Gasteiger partial charge in [-0.3, -0.25) is 9.69 Å². The SMILES string of the molecule is CC(NC(=O)C1CCN(Cc2ccn(-c3ccc(C(F)(F)F)cc3)c2)CC1)c1cccc2c1OCCO2. The Hall–Kier alpha value is -3.46. The molecule has 37 heavy (non-hydrogen) atoms. The average Bonchev–Trinajstić information content (AvgIpc) is 3.36. The zero-order valence-electron chi connectivity index (χ0n) is 20.6. The average molecular weight is 514 g/mol. The van der Waals surface area contributed by atoms with Crippen molar-refractivity contribution in [2.45, 2.75) is 38.5 Å². The standard InChI is InChI=1S/C28H30F3N3O3/c1-19(24-3-2-4-25-26(24)37-16-15-36-25)32-27(35)21-10-12-33(13-11-21)17-20-9-14-34(18-20)23-7-5-22(6-8-23)28(29,30)31/h2-9,14,18-19,21H,10-13,15-17H2,1H3,(H,32,35). The Balaban J connectivity index is 1.12. The Labute approximate surface area is 214 Å². The van der Waals surface area contributed by atoms with Crippen LogP contribution in [0.3, 0.4) is 0 Å². The number of amides is 1. The number of likely N-dealkylation sites (tertiary alicyclic amines) is 1. The van der Waals surface area contributed by atoms with E-state index < -0.39 is 11.7 Å². The highest BCUT2D eigenvalue weighted by Crippen LogP contribution is 2.37. The molecule has 0 spiro atoms. The van der Waals surface area contributed by atoms with Crippen LogP contribution in [0, 0.1) is 5.92 Å². The van der Waals surface area contributed by atoms with Crippen LogP contribution in [0.4, 0.5) is 13.2 Å². The molecule has 5 rings (SSSR count). The van der Waals surface area contributed by atoms with Crippen LogP contribution in [0.5, 0.6) is 11.5 Å². The summed E-state index contributed by atoms with van der Waals surface area (Å²) in [6.45, 7) is 5.31. The maximum atomic E-state index is 13.0. The van der Waals surface area contributed by atoms with Gasteiger partial charge in [0, 0.05) is 36.1 Å². The van der Waals surface area contributed by atoms with E-state index in [0.717, 1.165) is 55.7 Å². The molecule has 1 N–H and O–H groups in total. The van der Waals surface area contributed by atoms with Crippen LogP contribution in [-0.4, -0.2) is 41.7 Å². The number of nitrogens with zero attached hydrogens (tertiary/aromatic N) is 2. The predicted molar refractivity (Wildman–Crippen MR) is 133 cm³/mol. The summed E-state index contributed by atoms with van der Waals surface area (Å²) >= 11 is 0. The van der Waals surface area contributed by atoms with E-state index in [-0.39, 0.29) is 17.9 Å². The number of carbonyl (C=O) groups is 1. The van der Waals surface area contributed by atoms with E-state index in [1.54, 1.807) is 0 Å². The molecule has 6 nitrogen and oxygen atoms in total. The number of rotatable bonds is 6. The molecule has 1 aromatic heterocycles. The van der Waals surface area contributed by atoms with E-state index in [9.17, 15) is 18.0 Å². The van der Waals surface area contributed by atoms with Crippen LogP contribution in [0.1, 0.15) is 42.5 Å². The molecule has 0 aliphatic carbocycles. The summed E-state index contributed by atoms with van der Waals surface area (Å²) in [5.74, 6) is 1.42. The Morgan fingerprint density at radius 1 is 1.05 bits per heavy atom. The van der Waals surface area contributed by atoms with Gasteiger partial charge in [0.15, 0.2) is 11.5 Å². The van der Waals surface area contributed by atoms with E-state index in [2.05, 4.69) is 10.2 Å². The highest BCUT2D eigenvalue weighted by atomic mass is 19.4. The molecular weight excluding hydrogens is 483 g/mol. The highest BCUT2D eigenvalue weighted by molar-refractivity contribution is 5.79. The summed E-state index contributed by atoms with van der Waals surface area (Å²) in [6.07, 6.45) is 0.993. The summed E-state index contributed by atoms with van der Waals surface area (Å²) in [6, 6.07) is 12.7. The van der Waals surface area contributed by atoms with Gasteiger partial charge in [-0.1, -0.05) is 12.1 Å². The van der Waals surface area contributed by atoms with Crippen molar-refractivity contribution in [2.24, 2.45) is 5.92 Å².